The van der Waals surface area contributed by atoms with E-state index in [0.717, 1.165) is 17.8 Å². The molecule has 23 heavy (non-hydrogen) atoms. The van der Waals surface area contributed by atoms with Gasteiger partial charge in [-0.05, 0) is 47.6 Å². The minimum atomic E-state index is -1.08. The van der Waals surface area contributed by atoms with Gasteiger partial charge in [-0.15, -0.1) is 0 Å². The second-order valence-corrected chi connectivity index (χ2v) is 27.1. The van der Waals surface area contributed by atoms with Crippen LogP contribution >= 0.6 is 0 Å². The van der Waals surface area contributed by atoms with E-state index in [4.69, 9.17) is 0 Å². The van der Waals surface area contributed by atoms with Crippen LogP contribution in [0.4, 0.5) is 0 Å². The number of hydrogen-bond acceptors (Lipinski definition) is 0. The van der Waals surface area contributed by atoms with Crippen LogP contribution in [0.5, 0.6) is 0 Å². The Morgan fingerprint density at radius 2 is 1.22 bits per heavy atom. The average molecular weight is 349 g/mol. The molecule has 5 atom stereocenters. The third-order valence-electron chi connectivity index (χ3n) is 9.93. The van der Waals surface area contributed by atoms with Crippen molar-refractivity contribution >= 4 is 15.2 Å². The topological polar surface area (TPSA) is 0 Å². The van der Waals surface area contributed by atoms with Crippen molar-refractivity contribution in [3.05, 3.63) is 0 Å². The van der Waals surface area contributed by atoms with E-state index in [1.165, 1.54) is 17.0 Å². The van der Waals surface area contributed by atoms with Crippen molar-refractivity contribution < 1.29 is 0 Å². The minimum absolute atomic E-state index is 1.03. The molecule has 0 amide bonds. The second-order valence-electron chi connectivity index (χ2n) is 11.0. The molecule has 0 aromatic heterocycles. The average Bonchev–Trinajstić information content (AvgIpc) is 3.24. The Labute approximate surface area is 147 Å². The van der Waals surface area contributed by atoms with Crippen molar-refractivity contribution in [3.8, 4) is 0 Å². The van der Waals surface area contributed by atoms with Crippen molar-refractivity contribution in [1.82, 2.24) is 0 Å². The van der Waals surface area contributed by atoms with Gasteiger partial charge < -0.3 is 0 Å². The fourth-order valence-corrected chi connectivity index (χ4v) is 22.0. The Balaban J connectivity index is 1.54. The zero-order chi connectivity index (χ0) is 16.2. The van der Waals surface area contributed by atoms with Crippen LogP contribution in [0.3, 0.4) is 0 Å². The first-order valence-electron chi connectivity index (χ1n) is 10.9. The molecule has 4 aliphatic carbocycles. The Bertz CT molecular complexity index is 435. The molecule has 2 heteroatoms. The summed E-state index contributed by atoms with van der Waals surface area (Å²) in [6.07, 6.45) is 17.6. The third kappa shape index (κ3) is 2.65. The normalized spacial score (nSPS) is 42.0. The van der Waals surface area contributed by atoms with Crippen LogP contribution < -0.4 is 0 Å². The zero-order valence-corrected chi connectivity index (χ0v) is 18.2. The standard InChI is InChI=1S/C21H40Si2/c1-22(2,19-10-5-6-11-19)23(3,4)21-13-12-18-14-16-8-7-9-17(16)15-20(18)21/h16-21H,5-15H2,1-4H3. The lowest BCUT2D eigenvalue weighted by Crippen LogP contribution is -2.61. The van der Waals surface area contributed by atoms with Crippen molar-refractivity contribution in [3.63, 3.8) is 0 Å². The van der Waals surface area contributed by atoms with Crippen LogP contribution in [0.2, 0.25) is 37.3 Å². The molecule has 5 unspecified atom stereocenters. The van der Waals surface area contributed by atoms with Gasteiger partial charge in [0.1, 0.15) is 0 Å². The summed E-state index contributed by atoms with van der Waals surface area (Å²) < 4.78 is 0. The van der Waals surface area contributed by atoms with Crippen LogP contribution in [0.15, 0.2) is 0 Å². The molecule has 0 N–H and O–H groups in total. The fraction of sp³-hybridized carbons (Fsp3) is 1.00. The molecule has 0 aliphatic heterocycles. The molecular weight excluding hydrogens is 308 g/mol. The highest BCUT2D eigenvalue weighted by Crippen LogP contribution is 2.60. The Hall–Kier alpha value is 0.434. The van der Waals surface area contributed by atoms with Crippen molar-refractivity contribution in [2.24, 2.45) is 23.7 Å². The Kier molecular flexibility index (Phi) is 4.41. The smallest absolute Gasteiger partial charge is 0.0448 e. The fourth-order valence-electron chi connectivity index (χ4n) is 7.82. The molecule has 0 radical (unpaired) electrons. The monoisotopic (exact) mass is 348 g/mol. The SMILES string of the molecule is C[Si](C)(C1CCCC1)[Si](C)(C)C1CCC2CC3CCCC3CC21. The first kappa shape index (κ1) is 16.9. The molecule has 4 aliphatic rings. The van der Waals surface area contributed by atoms with Crippen LogP contribution in [-0.4, -0.2) is 15.2 Å². The molecule has 0 nitrogen and oxygen atoms in total. The molecule has 0 spiro atoms. The van der Waals surface area contributed by atoms with Gasteiger partial charge in [-0.25, -0.2) is 0 Å². The predicted octanol–water partition coefficient (Wildman–Crippen LogP) is 7.03. The number of rotatable bonds is 3. The first-order chi connectivity index (χ1) is 10.9. The molecule has 4 saturated carbocycles. The molecule has 0 aromatic rings. The van der Waals surface area contributed by atoms with Gasteiger partial charge in [-0.1, -0.05) is 84.0 Å². The molecule has 0 bridgehead atoms. The van der Waals surface area contributed by atoms with Gasteiger partial charge in [0.15, 0.2) is 0 Å². The summed E-state index contributed by atoms with van der Waals surface area (Å²) in [4.78, 5) is 0. The molecule has 4 fully saturated rings. The van der Waals surface area contributed by atoms with E-state index in [-0.39, 0.29) is 0 Å². The number of hydrogen-bond donors (Lipinski definition) is 0. The molecule has 0 heterocycles. The summed E-state index contributed by atoms with van der Waals surface area (Å²) in [5.41, 5.74) is 2.39. The first-order valence-corrected chi connectivity index (χ1v) is 18.1. The van der Waals surface area contributed by atoms with Gasteiger partial charge in [-0.3, -0.25) is 0 Å². The van der Waals surface area contributed by atoms with E-state index in [0.29, 0.717) is 0 Å². The minimum Gasteiger partial charge on any atom is -0.0711 e. The van der Waals surface area contributed by atoms with E-state index in [9.17, 15) is 0 Å². The van der Waals surface area contributed by atoms with E-state index < -0.39 is 15.2 Å². The highest BCUT2D eigenvalue weighted by Gasteiger charge is 2.56. The maximum Gasteiger partial charge on any atom is 0.0448 e. The summed E-state index contributed by atoms with van der Waals surface area (Å²) in [6.45, 7) is 11.4. The maximum atomic E-state index is 2.87. The highest BCUT2D eigenvalue weighted by molar-refractivity contribution is 7.41. The molecular formula is C21H40Si2. The second kappa shape index (κ2) is 6.00. The Morgan fingerprint density at radius 3 is 1.91 bits per heavy atom. The third-order valence-corrected chi connectivity index (χ3v) is 30.7. The lowest BCUT2D eigenvalue weighted by atomic mass is 9.71. The zero-order valence-electron chi connectivity index (χ0n) is 16.2. The molecule has 0 saturated heterocycles. The molecule has 0 aromatic carbocycles. The van der Waals surface area contributed by atoms with E-state index in [1.54, 1.807) is 70.6 Å². The van der Waals surface area contributed by atoms with Gasteiger partial charge in [0.05, 0.1) is 0 Å². The summed E-state index contributed by atoms with van der Waals surface area (Å²) in [7, 11) is -2.11. The van der Waals surface area contributed by atoms with E-state index in [1.807, 2.05) is 0 Å². The molecule has 132 valence electrons. The van der Waals surface area contributed by atoms with E-state index >= 15 is 0 Å². The molecule has 4 rings (SSSR count). The lowest BCUT2D eigenvalue weighted by Gasteiger charge is -2.50. The lowest BCUT2D eigenvalue weighted by molar-refractivity contribution is 0.156. The summed E-state index contributed by atoms with van der Waals surface area (Å²) in [5, 5.41) is 0. The van der Waals surface area contributed by atoms with Gasteiger partial charge >= 0.3 is 0 Å². The largest absolute Gasteiger partial charge is 0.0711 e. The summed E-state index contributed by atoms with van der Waals surface area (Å²) in [6, 6.07) is 0. The van der Waals surface area contributed by atoms with Crippen LogP contribution in [0.1, 0.15) is 70.6 Å². The Morgan fingerprint density at radius 1 is 0.565 bits per heavy atom. The van der Waals surface area contributed by atoms with Crippen LogP contribution in [-0.2, 0) is 0 Å². The van der Waals surface area contributed by atoms with Gasteiger partial charge in [-0.2, -0.15) is 0 Å². The van der Waals surface area contributed by atoms with E-state index in [2.05, 4.69) is 26.2 Å². The predicted molar refractivity (Wildman–Crippen MR) is 107 cm³/mol. The quantitative estimate of drug-likeness (QED) is 0.480. The van der Waals surface area contributed by atoms with Crippen molar-refractivity contribution in [2.45, 2.75) is 108 Å². The van der Waals surface area contributed by atoms with Crippen molar-refractivity contribution in [2.75, 3.05) is 0 Å². The van der Waals surface area contributed by atoms with Crippen molar-refractivity contribution in [1.29, 1.82) is 0 Å². The summed E-state index contributed by atoms with van der Waals surface area (Å²) >= 11 is 0. The summed E-state index contributed by atoms with van der Waals surface area (Å²) in [5.74, 6) is 4.63. The van der Waals surface area contributed by atoms with Crippen LogP contribution in [0, 0.1) is 23.7 Å². The van der Waals surface area contributed by atoms with Crippen LogP contribution in [0.25, 0.3) is 0 Å². The maximum absolute atomic E-state index is 2.87. The highest BCUT2D eigenvalue weighted by atomic mass is 29.3. The van der Waals surface area contributed by atoms with Gasteiger partial charge in [0.25, 0.3) is 0 Å². The van der Waals surface area contributed by atoms with Gasteiger partial charge in [0.2, 0.25) is 0 Å². The van der Waals surface area contributed by atoms with Gasteiger partial charge in [0, 0.05) is 15.2 Å². The number of fused-ring (bicyclic) bond motifs is 2.